The molecule has 1 heterocycles. The van der Waals surface area contributed by atoms with Crippen molar-refractivity contribution in [3.05, 3.63) is 199 Å². The third-order valence-electron chi connectivity index (χ3n) is 11.3. The molecule has 1 aromatic heterocycles. The van der Waals surface area contributed by atoms with Gasteiger partial charge in [0, 0.05) is 0 Å². The van der Waals surface area contributed by atoms with Crippen LogP contribution in [0.5, 0.6) is 0 Å². The normalized spacial score (nSPS) is 11.6. The number of benzene rings is 10. The van der Waals surface area contributed by atoms with Crippen molar-refractivity contribution in [1.29, 1.82) is 0 Å². The Kier molecular flexibility index (Phi) is 7.32. The average molecular weight is 761 g/mol. The minimum atomic E-state index is 0.0877. The molecule has 0 atom stereocenters. The van der Waals surface area contributed by atoms with Crippen LogP contribution in [0.1, 0.15) is 0 Å². The van der Waals surface area contributed by atoms with Gasteiger partial charge in [0.2, 0.25) is 0 Å². The Morgan fingerprint density at radius 2 is 0.727 bits per heavy atom. The molecule has 0 aliphatic heterocycles. The van der Waals surface area contributed by atoms with Gasteiger partial charge in [-0.15, -0.1) is 0 Å². The number of fused-ring (bicyclic) bond motifs is 7. The van der Waals surface area contributed by atoms with Gasteiger partial charge < -0.3 is 0 Å². The van der Waals surface area contributed by atoms with Crippen molar-refractivity contribution in [1.82, 2.24) is 0 Å². The maximum absolute atomic E-state index is 8.02. The SMILES string of the molecule is [C-]#[N+]c1ccccc1-c1c2ccccc2c(-c2cccc3c2[se]c2cccc(-c4c5ccccc5c(-c5ccccc5)c5ccccc45)c23)c2ccccc12. The fourth-order valence-corrected chi connectivity index (χ4v) is 11.7. The predicted molar refractivity (Wildman–Crippen MR) is 236 cm³/mol. The Balaban J connectivity index is 1.24. The van der Waals surface area contributed by atoms with Crippen molar-refractivity contribution in [2.75, 3.05) is 0 Å². The van der Waals surface area contributed by atoms with Crippen LogP contribution in [0, 0.1) is 6.57 Å². The van der Waals surface area contributed by atoms with Gasteiger partial charge in [0.1, 0.15) is 0 Å². The van der Waals surface area contributed by atoms with Crippen LogP contribution in [0.4, 0.5) is 5.69 Å². The molecule has 0 fully saturated rings. The second-order valence-corrected chi connectivity index (χ2v) is 16.3. The van der Waals surface area contributed by atoms with Gasteiger partial charge in [-0.05, 0) is 0 Å². The molecule has 0 saturated carbocycles. The molecule has 0 bridgehead atoms. The molecule has 0 amide bonds. The molecule has 10 aromatic carbocycles. The molecule has 0 saturated heterocycles. The summed E-state index contributed by atoms with van der Waals surface area (Å²) in [7, 11) is 0. The second kappa shape index (κ2) is 12.7. The Morgan fingerprint density at radius 1 is 0.327 bits per heavy atom. The average Bonchev–Trinajstić information content (AvgIpc) is 3.65. The molecule has 0 aliphatic rings. The van der Waals surface area contributed by atoms with Gasteiger partial charge in [-0.3, -0.25) is 0 Å². The van der Waals surface area contributed by atoms with Gasteiger partial charge in [-0.1, -0.05) is 0 Å². The molecule has 0 N–H and O–H groups in total. The summed E-state index contributed by atoms with van der Waals surface area (Å²) in [4.78, 5) is 3.95. The zero-order chi connectivity index (χ0) is 36.5. The van der Waals surface area contributed by atoms with E-state index in [2.05, 4.69) is 175 Å². The summed E-state index contributed by atoms with van der Waals surface area (Å²) >= 11 is 0.0877. The standard InChI is InChI=1S/C53H31NSe/c1-54-46-31-14-13-27-42(46)49-38-23-9-11-25-40(38)51(41-26-12-10-24-39(41)49)44-29-15-30-45-52-43(28-16-32-47(52)55-53(44)45)50-36-21-7-5-19-34(36)48(33-17-3-2-4-18-33)35-20-6-8-22-37(35)50/h2-32H. The number of rotatable bonds is 4. The van der Waals surface area contributed by atoms with E-state index in [1.54, 1.807) is 0 Å². The number of hydrogen-bond donors (Lipinski definition) is 0. The summed E-state index contributed by atoms with van der Waals surface area (Å²) in [5.41, 5.74) is 10.5. The zero-order valence-corrected chi connectivity index (χ0v) is 31.5. The van der Waals surface area contributed by atoms with E-state index in [4.69, 9.17) is 6.57 Å². The van der Waals surface area contributed by atoms with E-state index in [-0.39, 0.29) is 14.5 Å². The molecule has 0 spiro atoms. The third kappa shape index (κ3) is 4.78. The van der Waals surface area contributed by atoms with Gasteiger partial charge in [0.25, 0.3) is 0 Å². The van der Waals surface area contributed by atoms with Crippen molar-refractivity contribution in [2.45, 2.75) is 0 Å². The minimum absolute atomic E-state index is 0.0877. The van der Waals surface area contributed by atoms with Gasteiger partial charge >= 0.3 is 327 Å². The van der Waals surface area contributed by atoms with Crippen LogP contribution in [-0.4, -0.2) is 14.5 Å². The molecule has 0 radical (unpaired) electrons. The predicted octanol–water partition coefficient (Wildman–Crippen LogP) is 14.9. The Bertz CT molecular complexity index is 3270. The molecule has 11 rings (SSSR count). The molecule has 2 heteroatoms. The van der Waals surface area contributed by atoms with Crippen LogP contribution >= 0.6 is 0 Å². The molecular weight excluding hydrogens is 730 g/mol. The number of nitrogens with zero attached hydrogens (tertiary/aromatic N) is 1. The van der Waals surface area contributed by atoms with Crippen molar-refractivity contribution < 1.29 is 0 Å². The molecule has 254 valence electrons. The van der Waals surface area contributed by atoms with E-state index < -0.39 is 0 Å². The third-order valence-corrected chi connectivity index (χ3v) is 13.8. The summed E-state index contributed by atoms with van der Waals surface area (Å²) in [6, 6.07) is 68.3. The van der Waals surface area contributed by atoms with Crippen LogP contribution in [0.2, 0.25) is 0 Å². The summed E-state index contributed by atoms with van der Waals surface area (Å²) in [6.07, 6.45) is 0. The maximum atomic E-state index is 8.02. The van der Waals surface area contributed by atoms with Gasteiger partial charge in [0.15, 0.2) is 0 Å². The molecule has 0 unspecified atom stereocenters. The van der Waals surface area contributed by atoms with Crippen molar-refractivity contribution >= 4 is 82.6 Å². The van der Waals surface area contributed by atoms with Crippen LogP contribution in [-0.2, 0) is 0 Å². The Hall–Kier alpha value is -6.75. The number of hydrogen-bond acceptors (Lipinski definition) is 0. The zero-order valence-electron chi connectivity index (χ0n) is 29.8. The summed E-state index contributed by atoms with van der Waals surface area (Å²) < 4.78 is 2.85. The monoisotopic (exact) mass is 761 g/mol. The molecule has 55 heavy (non-hydrogen) atoms. The van der Waals surface area contributed by atoms with E-state index in [1.165, 1.54) is 95.8 Å². The fraction of sp³-hybridized carbons (Fsp3) is 0. The van der Waals surface area contributed by atoms with E-state index in [0.717, 1.165) is 11.1 Å². The van der Waals surface area contributed by atoms with Crippen LogP contribution in [0.15, 0.2) is 188 Å². The first-order valence-electron chi connectivity index (χ1n) is 18.6. The molecule has 0 aliphatic carbocycles. The van der Waals surface area contributed by atoms with Gasteiger partial charge in [-0.25, -0.2) is 0 Å². The summed E-state index contributed by atoms with van der Waals surface area (Å²) in [6.45, 7) is 8.02. The van der Waals surface area contributed by atoms with Crippen molar-refractivity contribution in [3.8, 4) is 44.5 Å². The molecule has 11 aromatic rings. The number of para-hydroxylation sites is 1. The first-order valence-corrected chi connectivity index (χ1v) is 20.4. The Labute approximate surface area is 324 Å². The van der Waals surface area contributed by atoms with Crippen molar-refractivity contribution in [3.63, 3.8) is 0 Å². The molecule has 1 nitrogen and oxygen atoms in total. The fourth-order valence-electron chi connectivity index (χ4n) is 9.08. The van der Waals surface area contributed by atoms with Crippen LogP contribution in [0.25, 0.3) is 112 Å². The van der Waals surface area contributed by atoms with Gasteiger partial charge in [-0.2, -0.15) is 0 Å². The quantitative estimate of drug-likeness (QED) is 0.0956. The van der Waals surface area contributed by atoms with E-state index in [1.807, 2.05) is 18.2 Å². The van der Waals surface area contributed by atoms with E-state index >= 15 is 0 Å². The Morgan fingerprint density at radius 3 is 1.29 bits per heavy atom. The van der Waals surface area contributed by atoms with Crippen LogP contribution in [0.3, 0.4) is 0 Å². The first kappa shape index (κ1) is 31.7. The van der Waals surface area contributed by atoms with Gasteiger partial charge in [0.05, 0.1) is 0 Å². The molecular formula is C53H31NSe. The second-order valence-electron chi connectivity index (χ2n) is 14.1. The first-order chi connectivity index (χ1) is 27.3. The summed E-state index contributed by atoms with van der Waals surface area (Å²) in [5, 5.41) is 12.6. The van der Waals surface area contributed by atoms with Crippen molar-refractivity contribution in [2.24, 2.45) is 0 Å². The topological polar surface area (TPSA) is 4.36 Å². The van der Waals surface area contributed by atoms with E-state index in [9.17, 15) is 0 Å². The van der Waals surface area contributed by atoms with Crippen LogP contribution < -0.4 is 0 Å². The van der Waals surface area contributed by atoms with E-state index in [0.29, 0.717) is 5.69 Å². The summed E-state index contributed by atoms with van der Waals surface area (Å²) in [5.74, 6) is 0.